The van der Waals surface area contributed by atoms with E-state index in [1.165, 1.54) is 0 Å². The van der Waals surface area contributed by atoms with Gasteiger partial charge in [0.2, 0.25) is 0 Å². The van der Waals surface area contributed by atoms with E-state index in [2.05, 4.69) is 0 Å². The summed E-state index contributed by atoms with van der Waals surface area (Å²) in [4.78, 5) is 11.6. The van der Waals surface area contributed by atoms with Crippen molar-refractivity contribution in [2.24, 2.45) is 5.92 Å². The monoisotopic (exact) mass is 243 g/mol. The van der Waals surface area contributed by atoms with E-state index in [0.29, 0.717) is 0 Å². The Labute approximate surface area is 96.1 Å². The topological polar surface area (TPSA) is 60.8 Å². The Kier molecular flexibility index (Phi) is 2.97. The summed E-state index contributed by atoms with van der Waals surface area (Å²) in [6.07, 6.45) is -2.10. The molecule has 1 fully saturated rings. The van der Waals surface area contributed by atoms with Crippen LogP contribution in [-0.4, -0.2) is 34.3 Å². The molecular weight excluding hydrogens is 232 g/mol. The first-order chi connectivity index (χ1) is 7.97. The van der Waals surface area contributed by atoms with Crippen molar-refractivity contribution in [3.05, 3.63) is 35.4 Å². The molecule has 1 atom stereocenters. The Morgan fingerprint density at radius 1 is 1.29 bits per heavy atom. The molecule has 0 radical (unpaired) electrons. The zero-order valence-corrected chi connectivity index (χ0v) is 8.81. The molecule has 1 aromatic rings. The van der Waals surface area contributed by atoms with Crippen molar-refractivity contribution >= 4 is 6.09 Å². The average molecular weight is 243 g/mol. The predicted molar refractivity (Wildman–Crippen MR) is 54.4 cm³/mol. The Morgan fingerprint density at radius 2 is 1.82 bits per heavy atom. The Hall–Kier alpha value is -1.69. The van der Waals surface area contributed by atoms with Gasteiger partial charge in [-0.2, -0.15) is 0 Å². The van der Waals surface area contributed by atoms with Crippen molar-refractivity contribution in [3.8, 4) is 0 Å². The Bertz CT molecular complexity index is 426. The third-order valence-electron chi connectivity index (χ3n) is 2.85. The first-order valence-electron chi connectivity index (χ1n) is 5.09. The van der Waals surface area contributed by atoms with Crippen LogP contribution in [0, 0.1) is 17.6 Å². The second kappa shape index (κ2) is 4.29. The summed E-state index contributed by atoms with van der Waals surface area (Å²) in [5, 5.41) is 18.5. The molecule has 1 heterocycles. The Balaban J connectivity index is 2.06. The number of aliphatic hydroxyl groups is 1. The molecular formula is C11H11F2NO3. The van der Waals surface area contributed by atoms with Crippen LogP contribution in [0.3, 0.4) is 0 Å². The number of benzene rings is 1. The maximum atomic E-state index is 12.9. The number of likely N-dealkylation sites (tertiary alicyclic amines) is 1. The van der Waals surface area contributed by atoms with Crippen LogP contribution >= 0.6 is 0 Å². The van der Waals surface area contributed by atoms with Gasteiger partial charge in [0.15, 0.2) is 0 Å². The third-order valence-corrected chi connectivity index (χ3v) is 2.85. The first-order valence-corrected chi connectivity index (χ1v) is 5.09. The van der Waals surface area contributed by atoms with Crippen LogP contribution in [0.2, 0.25) is 0 Å². The van der Waals surface area contributed by atoms with Crippen LogP contribution < -0.4 is 0 Å². The van der Waals surface area contributed by atoms with Gasteiger partial charge in [0.05, 0.1) is 6.10 Å². The normalized spacial score (nSPS) is 17.7. The first kappa shape index (κ1) is 11.8. The van der Waals surface area contributed by atoms with Gasteiger partial charge in [0, 0.05) is 25.1 Å². The van der Waals surface area contributed by atoms with Gasteiger partial charge in [-0.1, -0.05) is 0 Å². The number of nitrogens with zero attached hydrogens (tertiary/aromatic N) is 1. The summed E-state index contributed by atoms with van der Waals surface area (Å²) in [5.74, 6) is -1.82. The fourth-order valence-corrected chi connectivity index (χ4v) is 1.89. The molecule has 0 saturated carbocycles. The molecule has 2 rings (SSSR count). The van der Waals surface area contributed by atoms with Crippen LogP contribution in [0.25, 0.3) is 0 Å². The van der Waals surface area contributed by atoms with Crippen molar-refractivity contribution in [2.45, 2.75) is 6.10 Å². The molecule has 0 aliphatic carbocycles. The summed E-state index contributed by atoms with van der Waals surface area (Å²) in [6, 6.07) is 2.83. The van der Waals surface area contributed by atoms with Crippen LogP contribution in [0.5, 0.6) is 0 Å². The van der Waals surface area contributed by atoms with Gasteiger partial charge in [-0.15, -0.1) is 0 Å². The lowest BCUT2D eigenvalue weighted by Crippen LogP contribution is -2.51. The number of rotatable bonds is 2. The number of amides is 1. The number of halogens is 2. The zero-order valence-electron chi connectivity index (χ0n) is 8.81. The lowest BCUT2D eigenvalue weighted by molar-refractivity contribution is 0.00254. The lowest BCUT2D eigenvalue weighted by atomic mass is 9.89. The lowest BCUT2D eigenvalue weighted by Gasteiger charge is -2.39. The third kappa shape index (κ3) is 2.36. The standard InChI is InChI=1S/C11H11F2NO3/c12-8-1-6(2-9(13)3-8)10(15)7-4-14(5-7)11(16)17/h1-3,7,10,15H,4-5H2,(H,16,17). The molecule has 17 heavy (non-hydrogen) atoms. The average Bonchev–Trinajstić information content (AvgIpc) is 2.12. The Morgan fingerprint density at radius 3 is 2.29 bits per heavy atom. The van der Waals surface area contributed by atoms with Crippen LogP contribution in [0.1, 0.15) is 11.7 Å². The van der Waals surface area contributed by atoms with Crippen molar-refractivity contribution < 1.29 is 23.8 Å². The second-order valence-corrected chi connectivity index (χ2v) is 4.10. The molecule has 6 heteroatoms. The molecule has 0 spiro atoms. The highest BCUT2D eigenvalue weighted by molar-refractivity contribution is 5.66. The van der Waals surface area contributed by atoms with Gasteiger partial charge >= 0.3 is 6.09 Å². The van der Waals surface area contributed by atoms with Gasteiger partial charge in [0.1, 0.15) is 11.6 Å². The molecule has 92 valence electrons. The molecule has 1 unspecified atom stereocenters. The van der Waals surface area contributed by atoms with Crippen molar-refractivity contribution in [1.29, 1.82) is 0 Å². The van der Waals surface area contributed by atoms with Gasteiger partial charge in [-0.05, 0) is 17.7 Å². The van der Waals surface area contributed by atoms with Crippen LogP contribution in [0.15, 0.2) is 18.2 Å². The molecule has 1 aliphatic heterocycles. The van der Waals surface area contributed by atoms with E-state index in [9.17, 15) is 18.7 Å². The fourth-order valence-electron chi connectivity index (χ4n) is 1.89. The zero-order chi connectivity index (χ0) is 12.6. The summed E-state index contributed by atoms with van der Waals surface area (Å²) in [7, 11) is 0. The number of aliphatic hydroxyl groups excluding tert-OH is 1. The second-order valence-electron chi connectivity index (χ2n) is 4.10. The van der Waals surface area contributed by atoms with E-state index in [1.807, 2.05) is 0 Å². The van der Waals surface area contributed by atoms with E-state index in [4.69, 9.17) is 5.11 Å². The van der Waals surface area contributed by atoms with Crippen molar-refractivity contribution in [1.82, 2.24) is 4.90 Å². The van der Waals surface area contributed by atoms with Gasteiger partial charge in [-0.25, -0.2) is 13.6 Å². The van der Waals surface area contributed by atoms with Crippen molar-refractivity contribution in [3.63, 3.8) is 0 Å². The molecule has 4 nitrogen and oxygen atoms in total. The predicted octanol–water partition coefficient (Wildman–Crippen LogP) is 1.61. The maximum Gasteiger partial charge on any atom is 0.407 e. The number of carboxylic acid groups (broad SMARTS) is 1. The van der Waals surface area contributed by atoms with E-state index in [1.54, 1.807) is 0 Å². The number of hydrogen-bond donors (Lipinski definition) is 2. The summed E-state index contributed by atoms with van der Waals surface area (Å²) in [5.41, 5.74) is 0.137. The molecule has 1 saturated heterocycles. The quantitative estimate of drug-likeness (QED) is 0.829. The van der Waals surface area contributed by atoms with Crippen LogP contribution in [0.4, 0.5) is 13.6 Å². The number of hydrogen-bond acceptors (Lipinski definition) is 2. The maximum absolute atomic E-state index is 12.9. The summed E-state index contributed by atoms with van der Waals surface area (Å²) in [6.45, 7) is 0.350. The van der Waals surface area contributed by atoms with Gasteiger partial charge < -0.3 is 15.1 Å². The van der Waals surface area contributed by atoms with E-state index in [-0.39, 0.29) is 24.6 Å². The highest BCUT2D eigenvalue weighted by Gasteiger charge is 2.36. The minimum absolute atomic E-state index is 0.137. The van der Waals surface area contributed by atoms with E-state index < -0.39 is 23.8 Å². The molecule has 2 N–H and O–H groups in total. The van der Waals surface area contributed by atoms with Gasteiger partial charge in [-0.3, -0.25) is 0 Å². The SMILES string of the molecule is O=C(O)N1CC(C(O)c2cc(F)cc(F)c2)C1. The molecule has 0 bridgehead atoms. The summed E-state index contributed by atoms with van der Waals surface area (Å²) < 4.78 is 25.8. The highest BCUT2D eigenvalue weighted by atomic mass is 19.1. The number of carbonyl (C=O) groups is 1. The minimum atomic E-state index is -1.06. The highest BCUT2D eigenvalue weighted by Crippen LogP contribution is 2.30. The molecule has 0 aromatic heterocycles. The smallest absolute Gasteiger partial charge is 0.407 e. The van der Waals surface area contributed by atoms with E-state index >= 15 is 0 Å². The largest absolute Gasteiger partial charge is 0.465 e. The van der Waals surface area contributed by atoms with Gasteiger partial charge in [0.25, 0.3) is 0 Å². The molecule has 1 aromatic carbocycles. The summed E-state index contributed by atoms with van der Waals surface area (Å²) >= 11 is 0. The molecule has 1 amide bonds. The van der Waals surface area contributed by atoms with E-state index in [0.717, 1.165) is 23.1 Å². The minimum Gasteiger partial charge on any atom is -0.465 e. The van der Waals surface area contributed by atoms with Crippen LogP contribution in [-0.2, 0) is 0 Å². The fraction of sp³-hybridized carbons (Fsp3) is 0.364. The van der Waals surface area contributed by atoms with Crippen molar-refractivity contribution in [2.75, 3.05) is 13.1 Å². The molecule has 1 aliphatic rings.